The van der Waals surface area contributed by atoms with E-state index < -0.39 is 27.8 Å². The highest BCUT2D eigenvalue weighted by atomic mass is 35.5. The fourth-order valence-electron chi connectivity index (χ4n) is 6.29. The molecule has 2 aromatic rings. The van der Waals surface area contributed by atoms with Gasteiger partial charge in [-0.2, -0.15) is 4.31 Å². The van der Waals surface area contributed by atoms with Crippen molar-refractivity contribution in [3.05, 3.63) is 58.6 Å². The van der Waals surface area contributed by atoms with Crippen molar-refractivity contribution in [1.29, 1.82) is 0 Å². The maximum Gasteiger partial charge on any atom is 0.241 e. The fraction of sp³-hybridized carbons (Fsp3) is 0.571. The number of hydrogen-bond donors (Lipinski definition) is 3. The van der Waals surface area contributed by atoms with Crippen molar-refractivity contribution in [1.82, 2.24) is 14.6 Å². The number of fused-ring (bicyclic) bond motifs is 2. The van der Waals surface area contributed by atoms with Crippen LogP contribution in [0.3, 0.4) is 0 Å². The number of piperazine rings is 1. The molecule has 3 aliphatic heterocycles. The predicted molar refractivity (Wildman–Crippen MR) is 152 cm³/mol. The van der Waals surface area contributed by atoms with E-state index in [1.54, 1.807) is 16.4 Å². The number of hydrogen-bond acceptors (Lipinski definition) is 7. The van der Waals surface area contributed by atoms with Crippen LogP contribution < -0.4 is 16.4 Å². The van der Waals surface area contributed by atoms with Gasteiger partial charge in [0.2, 0.25) is 15.9 Å². The van der Waals surface area contributed by atoms with Crippen LogP contribution in [0.2, 0.25) is 5.02 Å². The minimum Gasteiger partial charge on any atom is -0.381 e. The van der Waals surface area contributed by atoms with Gasteiger partial charge in [-0.3, -0.25) is 9.78 Å². The Kier molecular flexibility index (Phi) is 9.38. The third-order valence-electron chi connectivity index (χ3n) is 8.47. The number of aromatic nitrogens is 1. The Morgan fingerprint density at radius 3 is 2.73 bits per heavy atom. The summed E-state index contributed by atoms with van der Waals surface area (Å²) < 4.78 is 47.9. The highest BCUT2D eigenvalue weighted by Crippen LogP contribution is 2.35. The zero-order valence-corrected chi connectivity index (χ0v) is 24.0. The average Bonchev–Trinajstić information content (AvgIpc) is 3.06. The monoisotopic (exact) mass is 593 g/mol. The molecule has 5 unspecified atom stereocenters. The molecule has 1 aromatic heterocycles. The zero-order chi connectivity index (χ0) is 28.3. The smallest absolute Gasteiger partial charge is 0.241 e. The summed E-state index contributed by atoms with van der Waals surface area (Å²) in [6.07, 6.45) is 6.18. The lowest BCUT2D eigenvalue weighted by Gasteiger charge is -2.37. The molecule has 3 fully saturated rings. The summed E-state index contributed by atoms with van der Waals surface area (Å²) >= 11 is 6.11. The van der Waals surface area contributed by atoms with Crippen molar-refractivity contribution >= 4 is 33.2 Å². The number of nitrogens with zero attached hydrogens (tertiary/aromatic N) is 2. The zero-order valence-electron chi connectivity index (χ0n) is 22.4. The van der Waals surface area contributed by atoms with Gasteiger partial charge >= 0.3 is 0 Å². The molecule has 0 aliphatic carbocycles. The molecule has 9 nitrogen and oxygen atoms in total. The molecule has 40 heavy (non-hydrogen) atoms. The number of nitrogens with one attached hydrogen (secondary N) is 2. The third-order valence-corrected chi connectivity index (χ3v) is 10.7. The molecule has 0 radical (unpaired) electrons. The molecular formula is C28H37ClFN5O4S. The Balaban J connectivity index is 1.32. The predicted octanol–water partition coefficient (Wildman–Crippen LogP) is 3.05. The van der Waals surface area contributed by atoms with Gasteiger partial charge < -0.3 is 21.1 Å². The second-order valence-corrected chi connectivity index (χ2v) is 13.5. The summed E-state index contributed by atoms with van der Waals surface area (Å²) in [5, 5.41) is 6.87. The third kappa shape index (κ3) is 6.66. The average molecular weight is 594 g/mol. The number of benzene rings is 1. The van der Waals surface area contributed by atoms with Gasteiger partial charge in [-0.1, -0.05) is 23.7 Å². The second kappa shape index (κ2) is 12.8. The molecule has 5 atom stereocenters. The van der Waals surface area contributed by atoms with Crippen LogP contribution in [0.15, 0.2) is 36.7 Å². The van der Waals surface area contributed by atoms with E-state index in [1.165, 1.54) is 6.20 Å². The number of nitrogens with two attached hydrogens (primary N) is 1. The molecule has 1 aromatic carbocycles. The molecule has 218 valence electrons. The van der Waals surface area contributed by atoms with Crippen molar-refractivity contribution in [3.8, 4) is 0 Å². The number of rotatable bonds is 8. The van der Waals surface area contributed by atoms with Gasteiger partial charge in [0.1, 0.15) is 5.82 Å². The molecule has 4 N–H and O–H groups in total. The van der Waals surface area contributed by atoms with Crippen LogP contribution in [0.1, 0.15) is 49.1 Å². The Morgan fingerprint density at radius 1 is 1.23 bits per heavy atom. The van der Waals surface area contributed by atoms with Gasteiger partial charge in [-0.05, 0) is 62.1 Å². The first-order valence-corrected chi connectivity index (χ1v) is 16.0. The minimum absolute atomic E-state index is 0.131. The summed E-state index contributed by atoms with van der Waals surface area (Å²) in [4.78, 5) is 17.5. The van der Waals surface area contributed by atoms with E-state index in [-0.39, 0.29) is 41.8 Å². The lowest BCUT2D eigenvalue weighted by molar-refractivity contribution is -0.118. The number of carbonyl (C=O) groups excluding carboxylic acids is 1. The lowest BCUT2D eigenvalue weighted by atomic mass is 9.76. The molecule has 0 saturated carbocycles. The first-order chi connectivity index (χ1) is 19.2. The van der Waals surface area contributed by atoms with Crippen LogP contribution in [0.25, 0.3) is 0 Å². The van der Waals surface area contributed by atoms with E-state index in [2.05, 4.69) is 15.6 Å². The van der Waals surface area contributed by atoms with Crippen LogP contribution in [0.5, 0.6) is 0 Å². The van der Waals surface area contributed by atoms with E-state index in [0.717, 1.165) is 31.0 Å². The normalized spacial score (nSPS) is 26.4. The van der Waals surface area contributed by atoms with Crippen molar-refractivity contribution in [2.75, 3.05) is 37.4 Å². The summed E-state index contributed by atoms with van der Waals surface area (Å²) in [6.45, 7) is 2.15. The topological polar surface area (TPSA) is 127 Å². The molecule has 1 amide bonds. The molecule has 0 spiro atoms. The van der Waals surface area contributed by atoms with E-state index in [4.69, 9.17) is 22.1 Å². The first-order valence-electron chi connectivity index (χ1n) is 14.0. The van der Waals surface area contributed by atoms with Crippen molar-refractivity contribution in [3.63, 3.8) is 0 Å². The molecule has 3 aliphatic rings. The van der Waals surface area contributed by atoms with Gasteiger partial charge in [0, 0.05) is 54.9 Å². The highest BCUT2D eigenvalue weighted by molar-refractivity contribution is 7.89. The van der Waals surface area contributed by atoms with Crippen LogP contribution >= 0.6 is 11.6 Å². The largest absolute Gasteiger partial charge is 0.381 e. The Labute approximate surface area is 240 Å². The fourth-order valence-corrected chi connectivity index (χ4v) is 8.22. The molecule has 2 bridgehead atoms. The number of ether oxygens (including phenoxy) is 1. The van der Waals surface area contributed by atoms with Gasteiger partial charge in [-0.15, -0.1) is 0 Å². The van der Waals surface area contributed by atoms with Crippen molar-refractivity contribution in [2.45, 2.75) is 62.6 Å². The number of halogens is 2. The van der Waals surface area contributed by atoms with E-state index in [0.29, 0.717) is 49.7 Å². The molecular weight excluding hydrogens is 557 g/mol. The summed E-state index contributed by atoms with van der Waals surface area (Å²) in [6, 6.07) is 6.31. The number of pyridine rings is 1. The molecule has 4 heterocycles. The van der Waals surface area contributed by atoms with Crippen molar-refractivity contribution < 1.29 is 22.3 Å². The number of sulfonamides is 1. The number of amides is 1. The first kappa shape index (κ1) is 29.3. The van der Waals surface area contributed by atoms with Gasteiger partial charge in [-0.25, -0.2) is 12.8 Å². The molecule has 12 heteroatoms. The molecule has 5 rings (SSSR count). The van der Waals surface area contributed by atoms with Gasteiger partial charge in [0.05, 0.1) is 29.9 Å². The quantitative estimate of drug-likeness (QED) is 0.429. The molecule has 3 saturated heterocycles. The Hall–Kier alpha value is -2.15. The van der Waals surface area contributed by atoms with Crippen LogP contribution in [-0.4, -0.2) is 73.8 Å². The van der Waals surface area contributed by atoms with E-state index in [1.807, 2.05) is 12.1 Å². The minimum atomic E-state index is -3.36. The summed E-state index contributed by atoms with van der Waals surface area (Å²) in [5.74, 6) is -0.991. The standard InChI is InChI=1S/C28H37ClFN5O4S/c29-20-5-3-18(4-6-20)26(19-9-11-39-12-10-19)27(31)28(36)34-25-16-32-15-24(30)23(25)8-7-22-14-33-21-2-1-13-40(37,38)35(22)17-21/h3-6,15-16,19,21-22,26-27,33H,1-2,7-14,17,31H2,(H,34,36). The lowest BCUT2D eigenvalue weighted by Crippen LogP contribution is -2.57. The highest BCUT2D eigenvalue weighted by Gasteiger charge is 2.38. The maximum absolute atomic E-state index is 15.1. The SMILES string of the molecule is NC(C(=O)Nc1cncc(F)c1CCC1CNC2CCCS(=O)(=O)N1C2)C(c1ccc(Cl)cc1)C1CCOCC1. The van der Waals surface area contributed by atoms with Gasteiger partial charge in [0.15, 0.2) is 0 Å². The number of carbonyl (C=O) groups is 1. The van der Waals surface area contributed by atoms with Crippen LogP contribution in [0.4, 0.5) is 10.1 Å². The van der Waals surface area contributed by atoms with Crippen molar-refractivity contribution in [2.24, 2.45) is 11.7 Å². The second-order valence-electron chi connectivity index (χ2n) is 11.0. The van der Waals surface area contributed by atoms with E-state index in [9.17, 15) is 13.2 Å². The Bertz CT molecular complexity index is 1290. The van der Waals surface area contributed by atoms with Gasteiger partial charge in [0.25, 0.3) is 0 Å². The summed E-state index contributed by atoms with van der Waals surface area (Å²) in [5.41, 5.74) is 8.07. The Morgan fingerprint density at radius 2 is 1.98 bits per heavy atom. The maximum atomic E-state index is 15.1. The van der Waals surface area contributed by atoms with Crippen LogP contribution in [-0.2, 0) is 26.0 Å². The van der Waals surface area contributed by atoms with Crippen LogP contribution in [0, 0.1) is 11.7 Å². The number of anilines is 1. The summed E-state index contributed by atoms with van der Waals surface area (Å²) in [7, 11) is -3.36. The van der Waals surface area contributed by atoms with E-state index >= 15 is 4.39 Å².